The van der Waals surface area contributed by atoms with E-state index in [9.17, 15) is 4.57 Å². The molecule has 0 radical (unpaired) electrons. The van der Waals surface area contributed by atoms with Crippen molar-refractivity contribution in [3.8, 4) is 0 Å². The summed E-state index contributed by atoms with van der Waals surface area (Å²) in [7, 11) is -2.26. The highest BCUT2D eigenvalue weighted by molar-refractivity contribution is 7.58. The molecule has 0 saturated carbocycles. The zero-order valence-corrected chi connectivity index (χ0v) is 7.44. The van der Waals surface area contributed by atoms with Gasteiger partial charge in [0.15, 0.2) is 0 Å². The van der Waals surface area contributed by atoms with Crippen LogP contribution in [-0.4, -0.2) is 18.9 Å². The first-order chi connectivity index (χ1) is 4.00. The normalized spacial score (nSPS) is 17.9. The maximum atomic E-state index is 11.3. The second-order valence-electron chi connectivity index (χ2n) is 2.42. The zero-order valence-electron chi connectivity index (χ0n) is 6.55. The van der Waals surface area contributed by atoms with E-state index >= 15 is 0 Å². The highest BCUT2D eigenvalue weighted by atomic mass is 31.2. The largest absolute Gasteiger partial charge is 0.329 e. The van der Waals surface area contributed by atoms with E-state index in [1.165, 1.54) is 0 Å². The summed E-state index contributed by atoms with van der Waals surface area (Å²) in [5.41, 5.74) is 0.150. The fourth-order valence-corrected chi connectivity index (χ4v) is 1.22. The minimum atomic E-state index is -2.26. The maximum Gasteiger partial charge on any atom is 0.202 e. The summed E-state index contributed by atoms with van der Waals surface area (Å²) >= 11 is 0. The molecule has 0 fully saturated rings. The molecule has 0 saturated heterocycles. The Bertz CT molecular complexity index is 120. The summed E-state index contributed by atoms with van der Waals surface area (Å²) in [5.74, 6) is 0. The van der Waals surface area contributed by atoms with E-state index in [4.69, 9.17) is 4.52 Å². The lowest BCUT2D eigenvalue weighted by Gasteiger charge is -2.15. The van der Waals surface area contributed by atoms with Crippen LogP contribution >= 0.6 is 7.37 Å². The van der Waals surface area contributed by atoms with Gasteiger partial charge in [-0.1, -0.05) is 13.8 Å². The summed E-state index contributed by atoms with van der Waals surface area (Å²) < 4.78 is 16.3. The molecule has 0 aromatic rings. The van der Waals surface area contributed by atoms with Gasteiger partial charge in [0.05, 0.1) is 6.61 Å². The lowest BCUT2D eigenvalue weighted by atomic mass is 10.6. The third-order valence-corrected chi connectivity index (χ3v) is 3.97. The molecule has 0 aromatic carbocycles. The van der Waals surface area contributed by atoms with Gasteiger partial charge in [0.1, 0.15) is 0 Å². The SMILES string of the molecule is CCO[P@@](C)(=O)C(C)C. The van der Waals surface area contributed by atoms with Crippen LogP contribution in [0, 0.1) is 0 Å². The van der Waals surface area contributed by atoms with Crippen molar-refractivity contribution in [3.63, 3.8) is 0 Å². The Morgan fingerprint density at radius 3 is 2.11 bits per heavy atom. The number of rotatable bonds is 3. The van der Waals surface area contributed by atoms with Gasteiger partial charge in [-0.15, -0.1) is 0 Å². The average molecular weight is 150 g/mol. The molecule has 56 valence electrons. The summed E-state index contributed by atoms with van der Waals surface area (Å²) in [4.78, 5) is 0. The zero-order chi connectivity index (χ0) is 7.49. The van der Waals surface area contributed by atoms with Crippen LogP contribution in [0.2, 0.25) is 0 Å². The first-order valence-corrected chi connectivity index (χ1v) is 5.36. The van der Waals surface area contributed by atoms with Gasteiger partial charge in [-0.05, 0) is 6.92 Å². The summed E-state index contributed by atoms with van der Waals surface area (Å²) in [5, 5.41) is 0. The molecule has 0 aliphatic carbocycles. The van der Waals surface area contributed by atoms with E-state index in [1.807, 2.05) is 20.8 Å². The Kier molecular flexibility index (Phi) is 3.45. The monoisotopic (exact) mass is 150 g/mol. The predicted octanol–water partition coefficient (Wildman–Crippen LogP) is 2.34. The molecule has 2 nitrogen and oxygen atoms in total. The summed E-state index contributed by atoms with van der Waals surface area (Å²) in [6, 6.07) is 0. The van der Waals surface area contributed by atoms with Gasteiger partial charge in [-0.25, -0.2) is 0 Å². The van der Waals surface area contributed by atoms with E-state index < -0.39 is 7.37 Å². The van der Waals surface area contributed by atoms with Gasteiger partial charge >= 0.3 is 0 Å². The van der Waals surface area contributed by atoms with Crippen molar-refractivity contribution in [2.75, 3.05) is 13.3 Å². The second-order valence-corrected chi connectivity index (χ2v) is 5.53. The van der Waals surface area contributed by atoms with Crippen molar-refractivity contribution >= 4 is 7.37 Å². The first kappa shape index (κ1) is 9.19. The molecular weight excluding hydrogens is 135 g/mol. The highest BCUT2D eigenvalue weighted by Gasteiger charge is 2.19. The van der Waals surface area contributed by atoms with Crippen LogP contribution < -0.4 is 0 Å². The van der Waals surface area contributed by atoms with Crippen molar-refractivity contribution in [3.05, 3.63) is 0 Å². The van der Waals surface area contributed by atoms with Crippen molar-refractivity contribution < 1.29 is 9.09 Å². The second kappa shape index (κ2) is 3.38. The minimum absolute atomic E-state index is 0.150. The van der Waals surface area contributed by atoms with Gasteiger partial charge in [0.2, 0.25) is 7.37 Å². The van der Waals surface area contributed by atoms with Crippen LogP contribution in [0.5, 0.6) is 0 Å². The molecule has 0 aliphatic rings. The number of hydrogen-bond donors (Lipinski definition) is 0. The standard InChI is InChI=1S/C6H15O2P/c1-5-8-9(4,7)6(2)3/h6H,5H2,1-4H3/t9-/m1/s1. The van der Waals surface area contributed by atoms with Crippen molar-refractivity contribution in [2.45, 2.75) is 26.4 Å². The maximum absolute atomic E-state index is 11.3. The Labute approximate surface area is 57.1 Å². The van der Waals surface area contributed by atoms with E-state index in [0.29, 0.717) is 6.61 Å². The van der Waals surface area contributed by atoms with Crippen LogP contribution in [0.3, 0.4) is 0 Å². The Hall–Kier alpha value is 0.190. The molecule has 0 amide bonds. The topological polar surface area (TPSA) is 26.3 Å². The third-order valence-electron chi connectivity index (χ3n) is 1.32. The Balaban J connectivity index is 3.87. The van der Waals surface area contributed by atoms with Crippen LogP contribution in [0.15, 0.2) is 0 Å². The molecule has 0 rings (SSSR count). The molecule has 0 unspecified atom stereocenters. The fraction of sp³-hybridized carbons (Fsp3) is 1.00. The van der Waals surface area contributed by atoms with Gasteiger partial charge in [-0.3, -0.25) is 4.57 Å². The lowest BCUT2D eigenvalue weighted by Crippen LogP contribution is -1.99. The molecule has 1 atom stereocenters. The first-order valence-electron chi connectivity index (χ1n) is 3.22. The van der Waals surface area contributed by atoms with Crippen LogP contribution in [-0.2, 0) is 9.09 Å². The van der Waals surface area contributed by atoms with Gasteiger partial charge in [0.25, 0.3) is 0 Å². The van der Waals surface area contributed by atoms with Crippen LogP contribution in [0.25, 0.3) is 0 Å². The van der Waals surface area contributed by atoms with Crippen molar-refractivity contribution in [1.82, 2.24) is 0 Å². The molecule has 0 N–H and O–H groups in total. The minimum Gasteiger partial charge on any atom is -0.329 e. The van der Waals surface area contributed by atoms with Crippen molar-refractivity contribution in [2.24, 2.45) is 0 Å². The Morgan fingerprint density at radius 2 is 2.00 bits per heavy atom. The Morgan fingerprint density at radius 1 is 1.56 bits per heavy atom. The number of hydrogen-bond acceptors (Lipinski definition) is 2. The fourth-order valence-electron chi connectivity index (χ4n) is 0.405. The van der Waals surface area contributed by atoms with Crippen molar-refractivity contribution in [1.29, 1.82) is 0 Å². The van der Waals surface area contributed by atoms with E-state index in [-0.39, 0.29) is 5.66 Å². The molecule has 0 aromatic heterocycles. The summed E-state index contributed by atoms with van der Waals surface area (Å²) in [6.45, 7) is 7.92. The molecule has 9 heavy (non-hydrogen) atoms. The lowest BCUT2D eigenvalue weighted by molar-refractivity contribution is 0.332. The molecule has 0 heterocycles. The van der Waals surface area contributed by atoms with E-state index in [0.717, 1.165) is 0 Å². The highest BCUT2D eigenvalue weighted by Crippen LogP contribution is 2.47. The molecule has 0 spiro atoms. The van der Waals surface area contributed by atoms with E-state index in [1.54, 1.807) is 6.66 Å². The van der Waals surface area contributed by atoms with Gasteiger partial charge in [-0.2, -0.15) is 0 Å². The van der Waals surface area contributed by atoms with E-state index in [2.05, 4.69) is 0 Å². The predicted molar refractivity (Wildman–Crippen MR) is 40.3 cm³/mol. The van der Waals surface area contributed by atoms with Crippen LogP contribution in [0.1, 0.15) is 20.8 Å². The molecular formula is C6H15O2P. The van der Waals surface area contributed by atoms with Gasteiger partial charge in [0, 0.05) is 12.3 Å². The molecule has 0 aliphatic heterocycles. The molecule has 3 heteroatoms. The van der Waals surface area contributed by atoms with Crippen LogP contribution in [0.4, 0.5) is 0 Å². The summed E-state index contributed by atoms with van der Waals surface area (Å²) in [6.07, 6.45) is 0. The quantitative estimate of drug-likeness (QED) is 0.577. The third kappa shape index (κ3) is 3.02. The molecule has 0 bridgehead atoms. The smallest absolute Gasteiger partial charge is 0.202 e. The average Bonchev–Trinajstić information content (AvgIpc) is 1.65. The van der Waals surface area contributed by atoms with Gasteiger partial charge < -0.3 is 4.52 Å².